The number of guanidine groups is 2. The number of hydrazone groups is 2. The Morgan fingerprint density at radius 1 is 0.719 bits per heavy atom. The van der Waals surface area contributed by atoms with Crippen molar-refractivity contribution in [1.29, 1.82) is 0 Å². The van der Waals surface area contributed by atoms with Crippen LogP contribution in [0.4, 0.5) is 0 Å². The van der Waals surface area contributed by atoms with Gasteiger partial charge in [-0.05, 0) is 58.5 Å². The third-order valence-electron chi connectivity index (χ3n) is 5.61. The van der Waals surface area contributed by atoms with Crippen molar-refractivity contribution >= 4 is 34.1 Å². The van der Waals surface area contributed by atoms with Gasteiger partial charge in [-0.2, -0.15) is 10.2 Å². The Labute approximate surface area is 186 Å². The van der Waals surface area contributed by atoms with Crippen LogP contribution in [0.25, 0.3) is 33.0 Å². The molecule has 0 atom stereocenters. The number of nitrogens with two attached hydrogens (primary N) is 2. The van der Waals surface area contributed by atoms with Crippen molar-refractivity contribution in [3.8, 4) is 22.3 Å². The number of benzene rings is 3. The zero-order valence-electron chi connectivity index (χ0n) is 18.6. The standard InChI is InChI=1S/C24H26N8/c1-13(29-31-23(25)27-3)15-8-9-17-19-7-5-6-18-16(14(2)30-32-24(26)28-4)10-11-20(22(18)19)21(17)12-15/h5-12H,1-4H3,(H3,25,27,31)(H3,26,28,32). The van der Waals surface area contributed by atoms with E-state index < -0.39 is 0 Å². The quantitative estimate of drug-likeness (QED) is 0.227. The maximum absolute atomic E-state index is 5.72. The van der Waals surface area contributed by atoms with Gasteiger partial charge in [-0.25, -0.2) is 10.9 Å². The minimum atomic E-state index is 0.272. The fourth-order valence-corrected chi connectivity index (χ4v) is 3.91. The highest BCUT2D eigenvalue weighted by molar-refractivity contribution is 6.21. The van der Waals surface area contributed by atoms with Gasteiger partial charge in [0.05, 0.1) is 11.4 Å². The number of hydrogen-bond donors (Lipinski definition) is 4. The van der Waals surface area contributed by atoms with Crippen molar-refractivity contribution in [2.45, 2.75) is 13.8 Å². The minimum absolute atomic E-state index is 0.272. The molecule has 0 aromatic heterocycles. The highest BCUT2D eigenvalue weighted by Crippen LogP contribution is 2.48. The van der Waals surface area contributed by atoms with Crippen LogP contribution < -0.4 is 22.3 Å². The van der Waals surface area contributed by atoms with Gasteiger partial charge in [-0.1, -0.05) is 42.5 Å². The lowest BCUT2D eigenvalue weighted by atomic mass is 9.96. The van der Waals surface area contributed by atoms with Crippen molar-refractivity contribution in [2.75, 3.05) is 14.1 Å². The van der Waals surface area contributed by atoms with E-state index >= 15 is 0 Å². The lowest BCUT2D eigenvalue weighted by molar-refractivity contribution is 0.997. The van der Waals surface area contributed by atoms with Gasteiger partial charge in [0.2, 0.25) is 11.9 Å². The van der Waals surface area contributed by atoms with Crippen LogP contribution in [0.1, 0.15) is 25.0 Å². The van der Waals surface area contributed by atoms with E-state index in [1.54, 1.807) is 14.1 Å². The molecule has 0 fully saturated rings. The topological polar surface area (TPSA) is 126 Å². The van der Waals surface area contributed by atoms with Gasteiger partial charge in [-0.3, -0.25) is 9.98 Å². The Morgan fingerprint density at radius 2 is 1.34 bits per heavy atom. The van der Waals surface area contributed by atoms with Crippen molar-refractivity contribution in [2.24, 2.45) is 31.7 Å². The summed E-state index contributed by atoms with van der Waals surface area (Å²) >= 11 is 0. The molecule has 0 spiro atoms. The maximum Gasteiger partial charge on any atom is 0.209 e. The zero-order valence-corrected chi connectivity index (χ0v) is 18.6. The summed E-state index contributed by atoms with van der Waals surface area (Å²) in [5.41, 5.74) is 25.5. The summed E-state index contributed by atoms with van der Waals surface area (Å²) in [7, 11) is 3.23. The Morgan fingerprint density at radius 3 is 2.03 bits per heavy atom. The normalized spacial score (nSPS) is 14.0. The molecule has 162 valence electrons. The highest BCUT2D eigenvalue weighted by Gasteiger charge is 2.23. The van der Waals surface area contributed by atoms with Crippen LogP contribution in [0.5, 0.6) is 0 Å². The molecule has 0 saturated heterocycles. The monoisotopic (exact) mass is 426 g/mol. The van der Waals surface area contributed by atoms with E-state index in [0.29, 0.717) is 0 Å². The van der Waals surface area contributed by atoms with Crippen molar-refractivity contribution < 1.29 is 0 Å². The Hall–Kier alpha value is -4.20. The molecule has 0 bridgehead atoms. The molecule has 4 rings (SSSR count). The first-order chi connectivity index (χ1) is 15.4. The maximum atomic E-state index is 5.72. The number of nitrogens with one attached hydrogen (secondary N) is 2. The predicted octanol–water partition coefficient (Wildman–Crippen LogP) is 3.00. The average molecular weight is 427 g/mol. The van der Waals surface area contributed by atoms with Crippen LogP contribution in [0.3, 0.4) is 0 Å². The van der Waals surface area contributed by atoms with E-state index in [1.165, 1.54) is 27.6 Å². The minimum Gasteiger partial charge on any atom is -0.369 e. The average Bonchev–Trinajstić information content (AvgIpc) is 3.15. The first kappa shape index (κ1) is 21.0. The van der Waals surface area contributed by atoms with Gasteiger partial charge >= 0.3 is 0 Å². The van der Waals surface area contributed by atoms with E-state index in [4.69, 9.17) is 11.5 Å². The molecule has 1 aliphatic carbocycles. The number of nitrogens with zero attached hydrogens (tertiary/aromatic N) is 4. The van der Waals surface area contributed by atoms with E-state index in [-0.39, 0.29) is 11.9 Å². The van der Waals surface area contributed by atoms with Gasteiger partial charge in [0.25, 0.3) is 0 Å². The smallest absolute Gasteiger partial charge is 0.209 e. The molecule has 8 heteroatoms. The lowest BCUT2D eigenvalue weighted by Gasteiger charge is -2.09. The Balaban J connectivity index is 1.80. The van der Waals surface area contributed by atoms with Gasteiger partial charge in [-0.15, -0.1) is 0 Å². The number of aliphatic imine (C=N–C) groups is 2. The molecular formula is C24H26N8. The number of hydrogen-bond acceptors (Lipinski definition) is 4. The molecule has 0 heterocycles. The third kappa shape index (κ3) is 3.66. The van der Waals surface area contributed by atoms with E-state index in [2.05, 4.69) is 79.6 Å². The molecule has 6 N–H and O–H groups in total. The summed E-state index contributed by atoms with van der Waals surface area (Å²) < 4.78 is 0. The first-order valence-electron chi connectivity index (χ1n) is 10.2. The summed E-state index contributed by atoms with van der Waals surface area (Å²) in [4.78, 5) is 7.74. The van der Waals surface area contributed by atoms with Crippen molar-refractivity contribution in [3.63, 3.8) is 0 Å². The molecule has 1 aliphatic rings. The van der Waals surface area contributed by atoms with Gasteiger partial charge < -0.3 is 11.5 Å². The van der Waals surface area contributed by atoms with Gasteiger partial charge in [0.15, 0.2) is 0 Å². The molecular weight excluding hydrogens is 400 g/mol. The molecule has 0 aliphatic heterocycles. The molecule has 3 aromatic rings. The Kier molecular flexibility index (Phi) is 5.59. The second kappa shape index (κ2) is 8.50. The fourth-order valence-electron chi connectivity index (χ4n) is 3.91. The molecule has 0 amide bonds. The van der Waals surface area contributed by atoms with Gasteiger partial charge in [0, 0.05) is 19.7 Å². The van der Waals surface area contributed by atoms with Crippen LogP contribution in [-0.4, -0.2) is 37.4 Å². The SMILES string of the molecule is CN=C(N)NN=C(C)c1ccc2c(c1)-c1ccc(C(C)=NNC(N)=NC)c3cccc-2c13. The molecule has 0 saturated carbocycles. The van der Waals surface area contributed by atoms with E-state index in [9.17, 15) is 0 Å². The molecule has 32 heavy (non-hydrogen) atoms. The van der Waals surface area contributed by atoms with Crippen molar-refractivity contribution in [3.05, 3.63) is 59.7 Å². The first-order valence-corrected chi connectivity index (χ1v) is 10.2. The van der Waals surface area contributed by atoms with Crippen LogP contribution >= 0.6 is 0 Å². The Bertz CT molecular complexity index is 1330. The van der Waals surface area contributed by atoms with Crippen LogP contribution in [0.15, 0.2) is 68.7 Å². The summed E-state index contributed by atoms with van der Waals surface area (Å²) in [5.74, 6) is 0.544. The highest BCUT2D eigenvalue weighted by atomic mass is 15.4. The van der Waals surface area contributed by atoms with E-state index in [0.717, 1.165) is 27.9 Å². The second-order valence-electron chi connectivity index (χ2n) is 7.48. The lowest BCUT2D eigenvalue weighted by Crippen LogP contribution is -2.27. The zero-order chi connectivity index (χ0) is 22.8. The number of rotatable bonds is 4. The second-order valence-corrected chi connectivity index (χ2v) is 7.48. The van der Waals surface area contributed by atoms with Crippen LogP contribution in [-0.2, 0) is 0 Å². The summed E-state index contributed by atoms with van der Waals surface area (Å²) in [6.07, 6.45) is 0. The van der Waals surface area contributed by atoms with E-state index in [1.807, 2.05) is 13.8 Å². The third-order valence-corrected chi connectivity index (χ3v) is 5.61. The summed E-state index contributed by atoms with van der Waals surface area (Å²) in [6.45, 7) is 3.90. The van der Waals surface area contributed by atoms with Crippen LogP contribution in [0, 0.1) is 0 Å². The summed E-state index contributed by atoms with van der Waals surface area (Å²) in [6, 6.07) is 17.0. The number of fused-ring (bicyclic) bond motifs is 3. The molecule has 3 aromatic carbocycles. The largest absolute Gasteiger partial charge is 0.369 e. The van der Waals surface area contributed by atoms with Gasteiger partial charge in [0.1, 0.15) is 0 Å². The molecule has 8 nitrogen and oxygen atoms in total. The molecule has 0 unspecified atom stereocenters. The van der Waals surface area contributed by atoms with Crippen molar-refractivity contribution in [1.82, 2.24) is 10.9 Å². The fraction of sp³-hybridized carbons (Fsp3) is 0.167. The van der Waals surface area contributed by atoms with Crippen LogP contribution in [0.2, 0.25) is 0 Å². The summed E-state index contributed by atoms with van der Waals surface area (Å²) in [5, 5.41) is 11.1. The predicted molar refractivity (Wildman–Crippen MR) is 134 cm³/mol. The molecule has 0 radical (unpaired) electrons.